The van der Waals surface area contributed by atoms with Crippen LogP contribution in [0.4, 0.5) is 5.82 Å². The number of anilines is 1. The number of hydrogen-bond acceptors (Lipinski definition) is 6. The topological polar surface area (TPSA) is 73.6 Å². The van der Waals surface area contributed by atoms with Crippen LogP contribution < -0.4 is 14.9 Å². The number of carboxylic acid groups (broad SMARTS) is 1. The third-order valence-electron chi connectivity index (χ3n) is 4.79. The standard InChI is InChI=1S/C19H24N4O2S/c1-13-14(2)20-19(21-17(13)23-9-7-22(3)8-10-23)26-12-15-5-4-6-16(11-15)18(24)25/h4-6,11H,7-10,12H2,1-3H3,(H,24,25). The highest BCUT2D eigenvalue weighted by Gasteiger charge is 2.21. The highest BCUT2D eigenvalue weighted by Crippen LogP contribution is 2.26. The van der Waals surface area contributed by atoms with Crippen molar-refractivity contribution in [3.8, 4) is 0 Å². The van der Waals surface area contributed by atoms with Crippen LogP contribution in [0, 0.1) is 13.8 Å². The maximum absolute atomic E-state index is 11.0. The summed E-state index contributed by atoms with van der Waals surface area (Å²) in [5.74, 6) is 0.491. The highest BCUT2D eigenvalue weighted by atomic mass is 32.2. The number of rotatable bonds is 5. The molecular formula is C19H24N4O2S. The zero-order chi connectivity index (χ0) is 18.7. The fourth-order valence-electron chi connectivity index (χ4n) is 3.00. The Kier molecular flexibility index (Phi) is 5.78. The first-order valence-electron chi connectivity index (χ1n) is 8.78. The van der Waals surface area contributed by atoms with E-state index in [-0.39, 0.29) is 5.56 Å². The van der Waals surface area contributed by atoms with Crippen molar-refractivity contribution in [3.63, 3.8) is 0 Å². The molecular weight excluding hydrogens is 348 g/mol. The second-order valence-electron chi connectivity index (χ2n) is 6.76. The first-order chi connectivity index (χ1) is 12.4. The van der Waals surface area contributed by atoms with Gasteiger partial charge in [0.1, 0.15) is 5.82 Å². The van der Waals surface area contributed by atoms with E-state index < -0.39 is 5.97 Å². The molecule has 0 bridgehead atoms. The summed E-state index contributed by atoms with van der Waals surface area (Å²) < 4.78 is 0. The molecule has 1 fully saturated rings. The van der Waals surface area contributed by atoms with Crippen LogP contribution in [-0.2, 0) is 5.75 Å². The third-order valence-corrected chi connectivity index (χ3v) is 5.71. The predicted octanol–water partition coefficient (Wildman–Crippen LogP) is 0.0839. The predicted molar refractivity (Wildman–Crippen MR) is 101 cm³/mol. The van der Waals surface area contributed by atoms with Crippen molar-refractivity contribution < 1.29 is 14.8 Å². The number of piperazine rings is 1. The van der Waals surface area contributed by atoms with E-state index in [0.717, 1.165) is 54.0 Å². The molecule has 0 atom stereocenters. The number of carbonyl (C=O) groups is 1. The Labute approximate surface area is 158 Å². The number of thioether (sulfide) groups is 1. The molecule has 1 N–H and O–H groups in total. The van der Waals surface area contributed by atoms with Crippen molar-refractivity contribution in [1.82, 2.24) is 9.97 Å². The quantitative estimate of drug-likeness (QED) is 0.592. The normalized spacial score (nSPS) is 15.3. The number of aryl methyl sites for hydroxylation is 1. The molecule has 138 valence electrons. The summed E-state index contributed by atoms with van der Waals surface area (Å²) in [6, 6.07) is 6.84. The van der Waals surface area contributed by atoms with Crippen molar-refractivity contribution in [2.45, 2.75) is 24.8 Å². The number of likely N-dealkylation sites (N-methyl/N-ethyl adjacent to an activating group) is 1. The average Bonchev–Trinajstić information content (AvgIpc) is 2.63. The van der Waals surface area contributed by atoms with Gasteiger partial charge in [0.2, 0.25) is 0 Å². The maximum atomic E-state index is 11.0. The van der Waals surface area contributed by atoms with Crippen LogP contribution in [-0.4, -0.2) is 49.2 Å². The third kappa shape index (κ3) is 4.34. The van der Waals surface area contributed by atoms with Crippen LogP contribution in [0.5, 0.6) is 0 Å². The van der Waals surface area contributed by atoms with Gasteiger partial charge >= 0.3 is 0 Å². The van der Waals surface area contributed by atoms with Crippen LogP contribution in [0.25, 0.3) is 0 Å². The van der Waals surface area contributed by atoms with Gasteiger partial charge in [0.15, 0.2) is 5.16 Å². The van der Waals surface area contributed by atoms with Crippen molar-refractivity contribution in [1.29, 1.82) is 0 Å². The van der Waals surface area contributed by atoms with Crippen LogP contribution in [0.15, 0.2) is 29.4 Å². The second kappa shape index (κ2) is 8.05. The number of carbonyl (C=O) groups excluding carboxylic acids is 1. The molecule has 1 aliphatic rings. The van der Waals surface area contributed by atoms with Crippen LogP contribution in [0.3, 0.4) is 0 Å². The molecule has 3 rings (SSSR count). The first kappa shape index (κ1) is 18.7. The van der Waals surface area contributed by atoms with Crippen molar-refractivity contribution in [2.75, 3.05) is 38.1 Å². The summed E-state index contributed by atoms with van der Waals surface area (Å²) in [5, 5.41) is 11.7. The summed E-state index contributed by atoms with van der Waals surface area (Å²) in [6.45, 7) is 8.32. The SMILES string of the molecule is Cc1nc(SCc2cccc(C(=O)[O-])c2)nc(N2CC[NH+](C)CC2)c1C. The largest absolute Gasteiger partial charge is 0.545 e. The lowest BCUT2D eigenvalue weighted by Gasteiger charge is -2.32. The Morgan fingerprint density at radius 2 is 2.00 bits per heavy atom. The van der Waals surface area contributed by atoms with E-state index in [9.17, 15) is 9.90 Å². The second-order valence-corrected chi connectivity index (χ2v) is 7.70. The van der Waals surface area contributed by atoms with E-state index in [0.29, 0.717) is 5.75 Å². The van der Waals surface area contributed by atoms with E-state index in [1.807, 2.05) is 13.0 Å². The number of nitrogens with one attached hydrogen (secondary N) is 1. The van der Waals surface area contributed by atoms with Crippen LogP contribution in [0.1, 0.15) is 27.2 Å². The number of benzene rings is 1. The van der Waals surface area contributed by atoms with Crippen LogP contribution >= 0.6 is 11.8 Å². The molecule has 0 spiro atoms. The summed E-state index contributed by atoms with van der Waals surface area (Å²) in [4.78, 5) is 24.3. The molecule has 0 saturated carbocycles. The molecule has 0 unspecified atom stereocenters. The lowest BCUT2D eigenvalue weighted by atomic mass is 10.1. The Morgan fingerprint density at radius 1 is 1.27 bits per heavy atom. The van der Waals surface area contributed by atoms with Crippen molar-refractivity contribution in [2.24, 2.45) is 0 Å². The summed E-state index contributed by atoms with van der Waals surface area (Å²) >= 11 is 1.53. The van der Waals surface area contributed by atoms with Gasteiger partial charge in [0.05, 0.1) is 39.2 Å². The Balaban J connectivity index is 1.76. The first-order valence-corrected chi connectivity index (χ1v) is 9.77. The molecule has 0 aliphatic carbocycles. The summed E-state index contributed by atoms with van der Waals surface area (Å²) in [7, 11) is 2.22. The molecule has 26 heavy (non-hydrogen) atoms. The number of hydrogen-bond donors (Lipinski definition) is 1. The van der Waals surface area contributed by atoms with E-state index in [4.69, 9.17) is 4.98 Å². The zero-order valence-corrected chi connectivity index (χ0v) is 16.2. The monoisotopic (exact) mass is 372 g/mol. The minimum atomic E-state index is -1.15. The lowest BCUT2D eigenvalue weighted by Crippen LogP contribution is -3.12. The fourth-order valence-corrected chi connectivity index (χ4v) is 3.83. The van der Waals surface area contributed by atoms with Crippen LogP contribution in [0.2, 0.25) is 0 Å². The number of carboxylic acids is 1. The van der Waals surface area contributed by atoms with E-state index in [1.165, 1.54) is 11.8 Å². The highest BCUT2D eigenvalue weighted by molar-refractivity contribution is 7.98. The Morgan fingerprint density at radius 3 is 2.69 bits per heavy atom. The molecule has 2 aromatic rings. The van der Waals surface area contributed by atoms with Gasteiger partial charge < -0.3 is 19.7 Å². The Bertz CT molecular complexity index is 804. The molecule has 1 aromatic carbocycles. The van der Waals surface area contributed by atoms with Gasteiger partial charge in [0, 0.05) is 17.0 Å². The van der Waals surface area contributed by atoms with Crippen molar-refractivity contribution in [3.05, 3.63) is 46.6 Å². The molecule has 1 aromatic heterocycles. The van der Waals surface area contributed by atoms with Gasteiger partial charge in [-0.1, -0.05) is 30.0 Å². The summed E-state index contributed by atoms with van der Waals surface area (Å²) in [5.41, 5.74) is 3.24. The molecule has 0 amide bonds. The molecule has 2 heterocycles. The number of aromatic carboxylic acids is 1. The van der Waals surface area contributed by atoms with Gasteiger partial charge in [-0.3, -0.25) is 0 Å². The molecule has 6 nitrogen and oxygen atoms in total. The Hall–Kier alpha value is -2.12. The van der Waals surface area contributed by atoms with Gasteiger partial charge in [-0.2, -0.15) is 0 Å². The lowest BCUT2D eigenvalue weighted by molar-refractivity contribution is -0.880. The van der Waals surface area contributed by atoms with Gasteiger partial charge in [-0.15, -0.1) is 0 Å². The van der Waals surface area contributed by atoms with E-state index >= 15 is 0 Å². The van der Waals surface area contributed by atoms with Gasteiger partial charge in [0.25, 0.3) is 0 Å². The van der Waals surface area contributed by atoms with Gasteiger partial charge in [-0.25, -0.2) is 9.97 Å². The maximum Gasteiger partial charge on any atom is 0.190 e. The van der Waals surface area contributed by atoms with Gasteiger partial charge in [-0.05, 0) is 31.0 Å². The summed E-state index contributed by atoms with van der Waals surface area (Å²) in [6.07, 6.45) is 0. The molecule has 1 aliphatic heterocycles. The zero-order valence-electron chi connectivity index (χ0n) is 15.4. The molecule has 7 heteroatoms. The smallest absolute Gasteiger partial charge is 0.190 e. The number of aromatic nitrogens is 2. The number of quaternary nitrogens is 1. The molecule has 0 radical (unpaired) electrons. The minimum absolute atomic E-state index is 0.199. The fraction of sp³-hybridized carbons (Fsp3) is 0.421. The molecule has 1 saturated heterocycles. The van der Waals surface area contributed by atoms with E-state index in [1.54, 1.807) is 23.1 Å². The van der Waals surface area contributed by atoms with Crippen molar-refractivity contribution >= 4 is 23.5 Å². The minimum Gasteiger partial charge on any atom is -0.545 e. The average molecular weight is 372 g/mol. The van der Waals surface area contributed by atoms with E-state index in [2.05, 4.69) is 23.9 Å². The number of nitrogens with zero attached hydrogens (tertiary/aromatic N) is 3.